The molecule has 4 rings (SSSR count). The Kier molecular flexibility index (Phi) is 3.36. The summed E-state index contributed by atoms with van der Waals surface area (Å²) < 4.78 is 3.49. The van der Waals surface area contributed by atoms with Crippen LogP contribution in [0.3, 0.4) is 0 Å². The van der Waals surface area contributed by atoms with Crippen LogP contribution in [0.5, 0.6) is 5.75 Å². The number of rotatable bonds is 2. The van der Waals surface area contributed by atoms with Crippen LogP contribution in [-0.4, -0.2) is 5.11 Å². The van der Waals surface area contributed by atoms with Crippen molar-refractivity contribution in [3.63, 3.8) is 0 Å². The maximum atomic E-state index is 9.99. The van der Waals surface area contributed by atoms with Crippen LogP contribution in [0.4, 0.5) is 0 Å². The van der Waals surface area contributed by atoms with Crippen molar-refractivity contribution in [3.8, 4) is 5.75 Å². The minimum atomic E-state index is 0.324. The summed E-state index contributed by atoms with van der Waals surface area (Å²) in [6.45, 7) is 0. The van der Waals surface area contributed by atoms with E-state index in [0.717, 1.165) is 16.3 Å². The van der Waals surface area contributed by atoms with Gasteiger partial charge in [-0.1, -0.05) is 53.8 Å². The van der Waals surface area contributed by atoms with Gasteiger partial charge in [0, 0.05) is 17.5 Å². The predicted molar refractivity (Wildman–Crippen MR) is 97.5 cm³/mol. The van der Waals surface area contributed by atoms with Gasteiger partial charge in [-0.25, -0.2) is 0 Å². The average Bonchev–Trinajstić information content (AvgIpc) is 2.91. The Hall–Kier alpha value is -2.65. The van der Waals surface area contributed by atoms with E-state index in [-0.39, 0.29) is 0 Å². The van der Waals surface area contributed by atoms with Gasteiger partial charge in [0.2, 0.25) is 5.52 Å². The summed E-state index contributed by atoms with van der Waals surface area (Å²) in [7, 11) is 2.09. The van der Waals surface area contributed by atoms with Crippen molar-refractivity contribution < 1.29 is 9.67 Å². The first-order chi connectivity index (χ1) is 11.2. The van der Waals surface area contributed by atoms with Gasteiger partial charge in [-0.3, -0.25) is 0 Å². The minimum absolute atomic E-state index is 0.324. The first kappa shape index (κ1) is 14.0. The molecule has 3 aromatic carbocycles. The maximum Gasteiger partial charge on any atom is 0.262 e. The van der Waals surface area contributed by atoms with Crippen molar-refractivity contribution in [2.75, 3.05) is 0 Å². The molecule has 0 radical (unpaired) electrons. The van der Waals surface area contributed by atoms with Crippen molar-refractivity contribution in [2.45, 2.75) is 0 Å². The predicted octanol–water partition coefficient (Wildman–Crippen LogP) is 4.76. The largest absolute Gasteiger partial charge is 0.507 e. The lowest BCUT2D eigenvalue weighted by atomic mass is 10.0. The highest BCUT2D eigenvalue weighted by molar-refractivity contribution is 7.18. The summed E-state index contributed by atoms with van der Waals surface area (Å²) in [5, 5.41) is 13.1. The van der Waals surface area contributed by atoms with E-state index in [1.54, 1.807) is 17.4 Å². The zero-order valence-corrected chi connectivity index (χ0v) is 13.5. The monoisotopic (exact) mass is 318 g/mol. The van der Waals surface area contributed by atoms with Gasteiger partial charge in [-0.2, -0.15) is 4.57 Å². The van der Waals surface area contributed by atoms with E-state index < -0.39 is 0 Å². The van der Waals surface area contributed by atoms with Crippen LogP contribution in [0.25, 0.3) is 33.1 Å². The molecule has 0 fully saturated rings. The lowest BCUT2D eigenvalue weighted by Crippen LogP contribution is -2.28. The maximum absolute atomic E-state index is 9.99. The number of aromatic hydroxyl groups is 1. The summed E-state index contributed by atoms with van der Waals surface area (Å²) in [4.78, 5) is 0. The molecule has 1 heterocycles. The normalized spacial score (nSPS) is 11.7. The molecule has 0 bridgehead atoms. The highest BCUT2D eigenvalue weighted by atomic mass is 32.1. The van der Waals surface area contributed by atoms with Crippen LogP contribution >= 0.6 is 11.3 Å². The Labute approximate surface area is 138 Å². The fourth-order valence-corrected chi connectivity index (χ4v) is 3.93. The number of aryl methyl sites for hydroxylation is 1. The molecule has 0 spiro atoms. The van der Waals surface area contributed by atoms with Gasteiger partial charge in [-0.15, -0.1) is 0 Å². The summed E-state index contributed by atoms with van der Waals surface area (Å²) in [6, 6.07) is 20.1. The SMILES string of the molecule is C[n+]1c(C=Cc2ccc(O)c3ccccc23)sc2ccccc21. The molecule has 112 valence electrons. The molecule has 23 heavy (non-hydrogen) atoms. The number of nitrogens with zero attached hydrogens (tertiary/aromatic N) is 1. The van der Waals surface area contributed by atoms with Gasteiger partial charge >= 0.3 is 0 Å². The number of para-hydroxylation sites is 1. The molecule has 0 aliphatic heterocycles. The number of fused-ring (bicyclic) bond motifs is 2. The molecular weight excluding hydrogens is 302 g/mol. The topological polar surface area (TPSA) is 24.1 Å². The van der Waals surface area contributed by atoms with Gasteiger partial charge in [0.15, 0.2) is 0 Å². The Morgan fingerprint density at radius 3 is 2.43 bits per heavy atom. The van der Waals surface area contributed by atoms with Crippen LogP contribution in [0, 0.1) is 0 Å². The fraction of sp³-hybridized carbons (Fsp3) is 0.0500. The molecule has 0 amide bonds. The second-order valence-electron chi connectivity index (χ2n) is 5.52. The third-order valence-electron chi connectivity index (χ3n) is 4.11. The Bertz CT molecular complexity index is 1050. The first-order valence-electron chi connectivity index (χ1n) is 7.50. The van der Waals surface area contributed by atoms with Crippen LogP contribution in [0.15, 0.2) is 60.7 Å². The Balaban J connectivity index is 1.82. The van der Waals surface area contributed by atoms with Crippen molar-refractivity contribution in [2.24, 2.45) is 7.05 Å². The number of aromatic nitrogens is 1. The van der Waals surface area contributed by atoms with Crippen LogP contribution < -0.4 is 4.57 Å². The molecule has 2 nitrogen and oxygen atoms in total. The van der Waals surface area contributed by atoms with Crippen molar-refractivity contribution >= 4 is 44.5 Å². The second-order valence-corrected chi connectivity index (χ2v) is 6.58. The standard InChI is InChI=1S/C20H15NOS/c1-21-17-8-4-5-9-19(17)23-20(21)13-11-14-10-12-18(22)16-7-3-2-6-15(14)16/h2-13H,1H3/p+1. The van der Waals surface area contributed by atoms with Gasteiger partial charge < -0.3 is 5.11 Å². The zero-order valence-electron chi connectivity index (χ0n) is 12.7. The first-order valence-corrected chi connectivity index (χ1v) is 8.32. The average molecular weight is 318 g/mol. The van der Waals surface area contributed by atoms with Gasteiger partial charge in [-0.05, 0) is 29.2 Å². The van der Waals surface area contributed by atoms with E-state index in [9.17, 15) is 5.11 Å². The summed E-state index contributed by atoms with van der Waals surface area (Å²) >= 11 is 1.78. The zero-order chi connectivity index (χ0) is 15.8. The molecular formula is C20H16NOS+. The smallest absolute Gasteiger partial charge is 0.262 e. The molecule has 1 N–H and O–H groups in total. The minimum Gasteiger partial charge on any atom is -0.507 e. The number of hydrogen-bond donors (Lipinski definition) is 1. The molecule has 0 aliphatic rings. The molecule has 0 saturated heterocycles. The van der Waals surface area contributed by atoms with Gasteiger partial charge in [0.1, 0.15) is 17.5 Å². The van der Waals surface area contributed by atoms with Crippen LogP contribution in [0.1, 0.15) is 10.6 Å². The van der Waals surface area contributed by atoms with Gasteiger partial charge in [0.25, 0.3) is 5.01 Å². The van der Waals surface area contributed by atoms with E-state index in [0.29, 0.717) is 5.75 Å². The summed E-state index contributed by atoms with van der Waals surface area (Å²) in [6.07, 6.45) is 4.26. The second kappa shape index (κ2) is 5.52. The van der Waals surface area contributed by atoms with E-state index in [1.807, 2.05) is 30.3 Å². The molecule has 0 saturated carbocycles. The number of phenolic OH excluding ortho intramolecular Hbond substituents is 1. The molecule has 4 aromatic rings. The van der Waals surface area contributed by atoms with Crippen molar-refractivity contribution in [1.29, 1.82) is 0 Å². The summed E-state index contributed by atoms with van der Waals surface area (Å²) in [5.41, 5.74) is 2.35. The Morgan fingerprint density at radius 2 is 1.61 bits per heavy atom. The number of thiazole rings is 1. The molecule has 0 unspecified atom stereocenters. The molecule has 3 heteroatoms. The van der Waals surface area contributed by atoms with Crippen LogP contribution in [0.2, 0.25) is 0 Å². The van der Waals surface area contributed by atoms with E-state index in [2.05, 4.69) is 48.0 Å². The van der Waals surface area contributed by atoms with E-state index in [1.165, 1.54) is 15.2 Å². The number of benzene rings is 3. The van der Waals surface area contributed by atoms with Crippen molar-refractivity contribution in [1.82, 2.24) is 0 Å². The van der Waals surface area contributed by atoms with E-state index >= 15 is 0 Å². The molecule has 0 atom stereocenters. The van der Waals surface area contributed by atoms with Crippen LogP contribution in [-0.2, 0) is 7.05 Å². The highest BCUT2D eigenvalue weighted by Gasteiger charge is 2.13. The van der Waals surface area contributed by atoms with Crippen molar-refractivity contribution in [3.05, 3.63) is 71.2 Å². The quantitative estimate of drug-likeness (QED) is 0.530. The lowest BCUT2D eigenvalue weighted by molar-refractivity contribution is -0.642. The summed E-state index contributed by atoms with van der Waals surface area (Å²) in [5.74, 6) is 0.324. The fourth-order valence-electron chi connectivity index (χ4n) is 2.88. The Morgan fingerprint density at radius 1 is 0.870 bits per heavy atom. The number of phenols is 1. The third-order valence-corrected chi connectivity index (χ3v) is 5.30. The lowest BCUT2D eigenvalue weighted by Gasteiger charge is -2.03. The highest BCUT2D eigenvalue weighted by Crippen LogP contribution is 2.29. The molecule has 1 aromatic heterocycles. The molecule has 0 aliphatic carbocycles. The van der Waals surface area contributed by atoms with E-state index in [4.69, 9.17) is 0 Å². The third kappa shape index (κ3) is 2.39. The van der Waals surface area contributed by atoms with Gasteiger partial charge in [0.05, 0.1) is 0 Å². The number of hydrogen-bond acceptors (Lipinski definition) is 2.